The zero-order chi connectivity index (χ0) is 12.1. The molecule has 0 bridgehead atoms. The quantitative estimate of drug-likeness (QED) is 0.741. The van der Waals surface area contributed by atoms with Crippen LogP contribution in [0.25, 0.3) is 0 Å². The highest BCUT2D eigenvalue weighted by Crippen LogP contribution is 2.34. The molecule has 2 nitrogen and oxygen atoms in total. The van der Waals surface area contributed by atoms with Crippen molar-refractivity contribution in [2.75, 3.05) is 20.1 Å². The summed E-state index contributed by atoms with van der Waals surface area (Å²) in [5.74, 6) is 0.920. The minimum Gasteiger partial charge on any atom is -0.317 e. The summed E-state index contributed by atoms with van der Waals surface area (Å²) in [7, 11) is 2.39. The van der Waals surface area contributed by atoms with E-state index in [1.807, 2.05) is 0 Å². The molecule has 0 aromatic heterocycles. The molecule has 2 fully saturated rings. The van der Waals surface area contributed by atoms with Crippen LogP contribution in [0.2, 0.25) is 0 Å². The topological polar surface area (TPSA) is 15.3 Å². The molecule has 0 aliphatic heterocycles. The molecule has 1 N–H and O–H groups in total. The van der Waals surface area contributed by atoms with Crippen LogP contribution in [0.15, 0.2) is 0 Å². The van der Waals surface area contributed by atoms with E-state index < -0.39 is 0 Å². The van der Waals surface area contributed by atoms with Crippen LogP contribution in [0.3, 0.4) is 0 Å². The SMILES string of the molecule is CCNCC1CCC1N(C)C1CCCCCC1. The molecule has 2 rings (SSSR count). The molecule has 17 heavy (non-hydrogen) atoms. The van der Waals surface area contributed by atoms with E-state index in [-0.39, 0.29) is 0 Å². The molecule has 0 amide bonds. The van der Waals surface area contributed by atoms with Gasteiger partial charge in [0.25, 0.3) is 0 Å². The maximum Gasteiger partial charge on any atom is 0.0136 e. The van der Waals surface area contributed by atoms with Crippen LogP contribution >= 0.6 is 0 Å². The molecule has 0 saturated heterocycles. The maximum absolute atomic E-state index is 3.52. The van der Waals surface area contributed by atoms with Crippen LogP contribution in [-0.2, 0) is 0 Å². The standard InChI is InChI=1S/C15H30N2/c1-3-16-12-13-10-11-15(13)17(2)14-8-6-4-5-7-9-14/h13-16H,3-12H2,1-2H3. The lowest BCUT2D eigenvalue weighted by Gasteiger charge is -2.46. The first-order chi connectivity index (χ1) is 8.33. The van der Waals surface area contributed by atoms with Crippen molar-refractivity contribution in [2.45, 2.75) is 70.4 Å². The van der Waals surface area contributed by atoms with Gasteiger partial charge in [-0.05, 0) is 51.7 Å². The van der Waals surface area contributed by atoms with Gasteiger partial charge in [-0.15, -0.1) is 0 Å². The molecule has 0 radical (unpaired) electrons. The van der Waals surface area contributed by atoms with Crippen LogP contribution < -0.4 is 5.32 Å². The summed E-state index contributed by atoms with van der Waals surface area (Å²) < 4.78 is 0. The van der Waals surface area contributed by atoms with Gasteiger partial charge in [-0.3, -0.25) is 0 Å². The van der Waals surface area contributed by atoms with Gasteiger partial charge in [0, 0.05) is 12.1 Å². The molecule has 100 valence electrons. The van der Waals surface area contributed by atoms with Crippen molar-refractivity contribution in [3.8, 4) is 0 Å². The van der Waals surface area contributed by atoms with Crippen molar-refractivity contribution >= 4 is 0 Å². The number of rotatable bonds is 5. The van der Waals surface area contributed by atoms with E-state index in [9.17, 15) is 0 Å². The van der Waals surface area contributed by atoms with Gasteiger partial charge in [0.1, 0.15) is 0 Å². The lowest BCUT2D eigenvalue weighted by atomic mass is 9.77. The van der Waals surface area contributed by atoms with E-state index in [1.165, 1.54) is 57.9 Å². The number of hydrogen-bond acceptors (Lipinski definition) is 2. The lowest BCUT2D eigenvalue weighted by Crippen LogP contribution is -2.52. The monoisotopic (exact) mass is 238 g/mol. The Morgan fingerprint density at radius 3 is 2.24 bits per heavy atom. The highest BCUT2D eigenvalue weighted by molar-refractivity contribution is 4.91. The normalized spacial score (nSPS) is 31.2. The van der Waals surface area contributed by atoms with Gasteiger partial charge in [-0.2, -0.15) is 0 Å². The Kier molecular flexibility index (Phi) is 5.30. The van der Waals surface area contributed by atoms with E-state index in [1.54, 1.807) is 0 Å². The fourth-order valence-corrected chi connectivity index (χ4v) is 3.59. The smallest absolute Gasteiger partial charge is 0.0136 e. The zero-order valence-electron chi connectivity index (χ0n) is 11.8. The van der Waals surface area contributed by atoms with Crippen LogP contribution in [-0.4, -0.2) is 37.1 Å². The second kappa shape index (κ2) is 6.75. The Morgan fingerprint density at radius 1 is 1.00 bits per heavy atom. The predicted octanol–water partition coefficient (Wildman–Crippen LogP) is 3.03. The summed E-state index contributed by atoms with van der Waals surface area (Å²) in [5, 5.41) is 3.52. The summed E-state index contributed by atoms with van der Waals surface area (Å²) in [4.78, 5) is 2.73. The Morgan fingerprint density at radius 2 is 1.71 bits per heavy atom. The molecule has 0 spiro atoms. The van der Waals surface area contributed by atoms with Crippen LogP contribution in [0.4, 0.5) is 0 Å². The molecular formula is C15H30N2. The minimum absolute atomic E-state index is 0.872. The first-order valence-corrected chi connectivity index (χ1v) is 7.75. The Labute approximate surface area is 107 Å². The highest BCUT2D eigenvalue weighted by atomic mass is 15.2. The van der Waals surface area contributed by atoms with Crippen LogP contribution in [0.5, 0.6) is 0 Å². The second-order valence-electron chi connectivity index (χ2n) is 6.02. The van der Waals surface area contributed by atoms with Gasteiger partial charge >= 0.3 is 0 Å². The third-order valence-electron chi connectivity index (χ3n) is 4.96. The third kappa shape index (κ3) is 3.45. The summed E-state index contributed by atoms with van der Waals surface area (Å²) in [6, 6.07) is 1.75. The average molecular weight is 238 g/mol. The number of hydrogen-bond donors (Lipinski definition) is 1. The van der Waals surface area contributed by atoms with Crippen LogP contribution in [0.1, 0.15) is 58.3 Å². The molecule has 2 atom stereocenters. The summed E-state index contributed by atoms with van der Waals surface area (Å²) in [6.07, 6.45) is 11.6. The first-order valence-electron chi connectivity index (χ1n) is 7.75. The minimum atomic E-state index is 0.872. The summed E-state index contributed by atoms with van der Waals surface area (Å²) in [5.41, 5.74) is 0. The first kappa shape index (κ1) is 13.4. The summed E-state index contributed by atoms with van der Waals surface area (Å²) in [6.45, 7) is 4.57. The van der Waals surface area contributed by atoms with Crippen molar-refractivity contribution < 1.29 is 0 Å². The third-order valence-corrected chi connectivity index (χ3v) is 4.96. The number of nitrogens with zero attached hydrogens (tertiary/aromatic N) is 1. The van der Waals surface area contributed by atoms with Gasteiger partial charge < -0.3 is 10.2 Å². The van der Waals surface area contributed by atoms with Crippen molar-refractivity contribution in [3.63, 3.8) is 0 Å². The molecule has 2 unspecified atom stereocenters. The highest BCUT2D eigenvalue weighted by Gasteiger charge is 2.36. The number of nitrogens with one attached hydrogen (secondary N) is 1. The fraction of sp³-hybridized carbons (Fsp3) is 1.00. The van der Waals surface area contributed by atoms with Crippen LogP contribution in [0, 0.1) is 5.92 Å². The molecule has 2 aliphatic rings. The van der Waals surface area contributed by atoms with Crippen molar-refractivity contribution in [2.24, 2.45) is 5.92 Å². The van der Waals surface area contributed by atoms with Gasteiger partial charge in [-0.1, -0.05) is 32.6 Å². The zero-order valence-corrected chi connectivity index (χ0v) is 11.8. The van der Waals surface area contributed by atoms with E-state index in [4.69, 9.17) is 0 Å². The Hall–Kier alpha value is -0.0800. The van der Waals surface area contributed by atoms with Crippen molar-refractivity contribution in [1.82, 2.24) is 10.2 Å². The van der Waals surface area contributed by atoms with Gasteiger partial charge in [0.15, 0.2) is 0 Å². The van der Waals surface area contributed by atoms with E-state index in [0.29, 0.717) is 0 Å². The van der Waals surface area contributed by atoms with E-state index in [2.05, 4.69) is 24.2 Å². The molecular weight excluding hydrogens is 208 g/mol. The molecule has 0 aromatic carbocycles. The fourth-order valence-electron chi connectivity index (χ4n) is 3.59. The van der Waals surface area contributed by atoms with Gasteiger partial charge in [0.2, 0.25) is 0 Å². The van der Waals surface area contributed by atoms with Crippen molar-refractivity contribution in [3.05, 3.63) is 0 Å². The van der Waals surface area contributed by atoms with E-state index in [0.717, 1.165) is 24.5 Å². The van der Waals surface area contributed by atoms with Gasteiger partial charge in [-0.25, -0.2) is 0 Å². The average Bonchev–Trinajstić information content (AvgIpc) is 2.56. The summed E-state index contributed by atoms with van der Waals surface area (Å²) >= 11 is 0. The van der Waals surface area contributed by atoms with Gasteiger partial charge in [0.05, 0.1) is 0 Å². The Balaban J connectivity index is 1.79. The molecule has 2 heteroatoms. The van der Waals surface area contributed by atoms with Crippen molar-refractivity contribution in [1.29, 1.82) is 0 Å². The largest absolute Gasteiger partial charge is 0.317 e. The second-order valence-corrected chi connectivity index (χ2v) is 6.02. The predicted molar refractivity (Wildman–Crippen MR) is 74.3 cm³/mol. The maximum atomic E-state index is 3.52. The molecule has 0 aromatic rings. The molecule has 0 heterocycles. The van der Waals surface area contributed by atoms with E-state index >= 15 is 0 Å². The lowest BCUT2D eigenvalue weighted by molar-refractivity contribution is 0.0444. The Bertz CT molecular complexity index is 209. The molecule has 2 saturated carbocycles. The molecule has 2 aliphatic carbocycles.